The number of para-hydroxylation sites is 1. The van der Waals surface area contributed by atoms with E-state index in [0.29, 0.717) is 6.42 Å². The fraction of sp³-hybridized carbons (Fsp3) is 0.444. The third-order valence-electron chi connectivity index (χ3n) is 4.44. The van der Waals surface area contributed by atoms with E-state index in [0.717, 1.165) is 35.1 Å². The molecule has 3 rings (SSSR count). The second-order valence-electron chi connectivity index (χ2n) is 6.13. The molecular formula is C18H22N2O2S. The zero-order valence-electron chi connectivity index (χ0n) is 13.2. The summed E-state index contributed by atoms with van der Waals surface area (Å²) in [5.41, 5.74) is 1.98. The summed E-state index contributed by atoms with van der Waals surface area (Å²) in [6.45, 7) is 0. The van der Waals surface area contributed by atoms with Gasteiger partial charge in [0.05, 0.1) is 17.7 Å². The average molecular weight is 330 g/mol. The van der Waals surface area contributed by atoms with Crippen molar-refractivity contribution in [1.29, 1.82) is 0 Å². The van der Waals surface area contributed by atoms with Crippen LogP contribution in [0.3, 0.4) is 0 Å². The summed E-state index contributed by atoms with van der Waals surface area (Å²) in [4.78, 5) is 16.7. The van der Waals surface area contributed by atoms with Crippen molar-refractivity contribution in [2.24, 2.45) is 5.92 Å². The molecule has 0 saturated heterocycles. The second kappa shape index (κ2) is 7.32. The zero-order valence-corrected chi connectivity index (χ0v) is 14.1. The maximum Gasteiger partial charge on any atom is 0.221 e. The molecule has 0 unspecified atom stereocenters. The summed E-state index contributed by atoms with van der Waals surface area (Å²) in [5.74, 6) is 1.17. The van der Waals surface area contributed by atoms with Crippen molar-refractivity contribution in [2.45, 2.75) is 31.4 Å². The van der Waals surface area contributed by atoms with Crippen molar-refractivity contribution in [1.82, 2.24) is 10.3 Å². The van der Waals surface area contributed by atoms with Gasteiger partial charge >= 0.3 is 0 Å². The standard InChI is InChI=1S/C18H22N2O2S/c1-23-7-6-17(22)20-18(13-9-15(21)10-13)14-8-12-4-2-3-5-16(12)19-11-14/h2-5,8,11,13,15,18,21H,6-7,9-10H2,1H3,(H,20,22)/t13?,15?,18-/m0/s1. The Balaban J connectivity index is 1.82. The Labute approximate surface area is 140 Å². The van der Waals surface area contributed by atoms with Gasteiger partial charge in [-0.2, -0.15) is 11.8 Å². The molecule has 1 saturated carbocycles. The highest BCUT2D eigenvalue weighted by Gasteiger charge is 2.35. The first kappa shape index (κ1) is 16.3. The lowest BCUT2D eigenvalue weighted by molar-refractivity contribution is -0.122. The number of nitrogens with zero attached hydrogens (tertiary/aromatic N) is 1. The van der Waals surface area contributed by atoms with E-state index in [-0.39, 0.29) is 24.0 Å². The lowest BCUT2D eigenvalue weighted by Crippen LogP contribution is -2.41. The largest absolute Gasteiger partial charge is 0.393 e. The molecule has 0 radical (unpaired) electrons. The van der Waals surface area contributed by atoms with Crippen LogP contribution in [-0.4, -0.2) is 34.1 Å². The number of aliphatic hydroxyl groups is 1. The van der Waals surface area contributed by atoms with Crippen molar-refractivity contribution in [3.63, 3.8) is 0 Å². The van der Waals surface area contributed by atoms with Gasteiger partial charge in [-0.15, -0.1) is 0 Å². The molecular weight excluding hydrogens is 308 g/mol. The van der Waals surface area contributed by atoms with E-state index in [1.165, 1.54) is 0 Å². The lowest BCUT2D eigenvalue weighted by atomic mass is 9.75. The summed E-state index contributed by atoms with van der Waals surface area (Å²) in [7, 11) is 0. The van der Waals surface area contributed by atoms with Crippen LogP contribution in [0.4, 0.5) is 0 Å². The number of thioether (sulfide) groups is 1. The number of benzene rings is 1. The van der Waals surface area contributed by atoms with Crippen LogP contribution in [0.5, 0.6) is 0 Å². The third-order valence-corrected chi connectivity index (χ3v) is 5.05. The van der Waals surface area contributed by atoms with Crippen molar-refractivity contribution in [3.05, 3.63) is 42.1 Å². The normalized spacial score (nSPS) is 21.7. The minimum atomic E-state index is -0.237. The molecule has 1 heterocycles. The average Bonchev–Trinajstić information content (AvgIpc) is 2.55. The van der Waals surface area contributed by atoms with Gasteiger partial charge in [0.2, 0.25) is 5.91 Å². The van der Waals surface area contributed by atoms with E-state index >= 15 is 0 Å². The Kier molecular flexibility index (Phi) is 5.18. The fourth-order valence-corrected chi connectivity index (χ4v) is 3.46. The Morgan fingerprint density at radius 2 is 2.22 bits per heavy atom. The molecule has 1 aliphatic carbocycles. The molecule has 4 nitrogen and oxygen atoms in total. The number of fused-ring (bicyclic) bond motifs is 1. The molecule has 0 spiro atoms. The van der Waals surface area contributed by atoms with Crippen molar-refractivity contribution in [2.75, 3.05) is 12.0 Å². The molecule has 1 fully saturated rings. The van der Waals surface area contributed by atoms with Crippen LogP contribution in [-0.2, 0) is 4.79 Å². The highest BCUT2D eigenvalue weighted by atomic mass is 32.2. The van der Waals surface area contributed by atoms with Crippen LogP contribution in [0, 0.1) is 5.92 Å². The van der Waals surface area contributed by atoms with Gasteiger partial charge in [0.1, 0.15) is 0 Å². The van der Waals surface area contributed by atoms with Gasteiger partial charge in [-0.1, -0.05) is 18.2 Å². The van der Waals surface area contributed by atoms with Gasteiger partial charge in [-0.05, 0) is 42.7 Å². The van der Waals surface area contributed by atoms with Crippen LogP contribution in [0.1, 0.15) is 30.9 Å². The van der Waals surface area contributed by atoms with Crippen LogP contribution < -0.4 is 5.32 Å². The number of nitrogens with one attached hydrogen (secondary N) is 1. The van der Waals surface area contributed by atoms with Gasteiger partial charge in [0, 0.05) is 23.8 Å². The SMILES string of the molecule is CSCCC(=O)N[C@H](c1cnc2ccccc2c1)C1CC(O)C1. The Hall–Kier alpha value is -1.59. The van der Waals surface area contributed by atoms with E-state index in [1.54, 1.807) is 11.8 Å². The molecule has 1 atom stereocenters. The first-order valence-corrected chi connectivity index (χ1v) is 9.38. The number of aromatic nitrogens is 1. The molecule has 23 heavy (non-hydrogen) atoms. The van der Waals surface area contributed by atoms with Crippen LogP contribution >= 0.6 is 11.8 Å². The smallest absolute Gasteiger partial charge is 0.221 e. The Morgan fingerprint density at radius 3 is 2.96 bits per heavy atom. The Bertz CT molecular complexity index is 686. The highest BCUT2D eigenvalue weighted by Crippen LogP contribution is 2.38. The van der Waals surface area contributed by atoms with Gasteiger partial charge in [0.25, 0.3) is 0 Å². The number of hydrogen-bond donors (Lipinski definition) is 2. The van der Waals surface area contributed by atoms with Crippen molar-refractivity contribution >= 4 is 28.6 Å². The number of amides is 1. The summed E-state index contributed by atoms with van der Waals surface area (Å²) in [6.07, 6.45) is 5.61. The molecule has 1 aliphatic rings. The van der Waals surface area contributed by atoms with E-state index in [9.17, 15) is 9.90 Å². The molecule has 2 N–H and O–H groups in total. The summed E-state index contributed by atoms with van der Waals surface area (Å²) >= 11 is 1.67. The van der Waals surface area contributed by atoms with E-state index < -0.39 is 0 Å². The predicted molar refractivity (Wildman–Crippen MR) is 94.4 cm³/mol. The number of rotatable bonds is 6. The van der Waals surface area contributed by atoms with Gasteiger partial charge in [0.15, 0.2) is 0 Å². The fourth-order valence-electron chi connectivity index (χ4n) is 3.07. The maximum atomic E-state index is 12.2. The molecule has 2 aromatic rings. The predicted octanol–water partition coefficient (Wildman–Crippen LogP) is 2.92. The van der Waals surface area contributed by atoms with Crippen molar-refractivity contribution in [3.8, 4) is 0 Å². The molecule has 122 valence electrons. The molecule has 0 bridgehead atoms. The van der Waals surface area contributed by atoms with Crippen LogP contribution in [0.15, 0.2) is 36.5 Å². The minimum Gasteiger partial charge on any atom is -0.393 e. The van der Waals surface area contributed by atoms with E-state index in [4.69, 9.17) is 0 Å². The number of carbonyl (C=O) groups excluding carboxylic acids is 1. The molecule has 1 aromatic heterocycles. The van der Waals surface area contributed by atoms with E-state index in [1.807, 2.05) is 36.7 Å². The lowest BCUT2D eigenvalue weighted by Gasteiger charge is -2.38. The summed E-state index contributed by atoms with van der Waals surface area (Å²) in [6, 6.07) is 10.0. The second-order valence-corrected chi connectivity index (χ2v) is 7.12. The first-order valence-electron chi connectivity index (χ1n) is 7.98. The van der Waals surface area contributed by atoms with Gasteiger partial charge in [-0.3, -0.25) is 9.78 Å². The summed E-state index contributed by atoms with van der Waals surface area (Å²) < 4.78 is 0. The maximum absolute atomic E-state index is 12.2. The monoisotopic (exact) mass is 330 g/mol. The summed E-state index contributed by atoms with van der Waals surface area (Å²) in [5, 5.41) is 13.9. The molecule has 0 aliphatic heterocycles. The number of hydrogen-bond acceptors (Lipinski definition) is 4. The van der Waals surface area contributed by atoms with Crippen LogP contribution in [0.2, 0.25) is 0 Å². The van der Waals surface area contributed by atoms with Crippen molar-refractivity contribution < 1.29 is 9.90 Å². The highest BCUT2D eigenvalue weighted by molar-refractivity contribution is 7.98. The third kappa shape index (κ3) is 3.85. The molecule has 5 heteroatoms. The van der Waals surface area contributed by atoms with Crippen LogP contribution in [0.25, 0.3) is 10.9 Å². The van der Waals surface area contributed by atoms with E-state index in [2.05, 4.69) is 16.4 Å². The molecule has 1 aromatic carbocycles. The van der Waals surface area contributed by atoms with Gasteiger partial charge in [-0.25, -0.2) is 0 Å². The minimum absolute atomic E-state index is 0.0649. The topological polar surface area (TPSA) is 62.2 Å². The first-order chi connectivity index (χ1) is 11.2. The zero-order chi connectivity index (χ0) is 16.2. The molecule has 1 amide bonds. The number of carbonyl (C=O) groups is 1. The quantitative estimate of drug-likeness (QED) is 0.855. The Morgan fingerprint density at radius 1 is 1.43 bits per heavy atom. The number of pyridine rings is 1. The number of aliphatic hydroxyl groups excluding tert-OH is 1. The van der Waals surface area contributed by atoms with Gasteiger partial charge < -0.3 is 10.4 Å².